The van der Waals surface area contributed by atoms with Gasteiger partial charge in [-0.25, -0.2) is 9.78 Å². The van der Waals surface area contributed by atoms with Crippen molar-refractivity contribution in [2.45, 2.75) is 24.8 Å². The molecule has 0 aliphatic carbocycles. The quantitative estimate of drug-likeness (QED) is 0.268. The molecule has 34 heavy (non-hydrogen) atoms. The number of hydrogen-bond acceptors (Lipinski definition) is 9. The number of benzene rings is 2. The standard InChI is InChI=1S/C23H24N4O4S3/c1-2-31-22(28)20-14-33-23(26-20)25-18(12-15-8-10-17(11-9-15)27-34(29)30)19-13-32-21(24-19)16-6-4-3-5-7-16/h3-11,13-14,18,21,24,27H,2,12H2,1H3,(H,25,26)(H,29,30)/p-1/t18-,21?/m0/s1. The Hall–Kier alpha value is -2.86. The van der Waals surface area contributed by atoms with Gasteiger partial charge in [0.05, 0.1) is 12.6 Å². The van der Waals surface area contributed by atoms with E-state index in [0.717, 1.165) is 11.3 Å². The number of nitrogens with zero attached hydrogens (tertiary/aromatic N) is 1. The second kappa shape index (κ2) is 11.5. The van der Waals surface area contributed by atoms with Crippen LogP contribution >= 0.6 is 23.1 Å². The van der Waals surface area contributed by atoms with Gasteiger partial charge >= 0.3 is 5.97 Å². The molecule has 3 N–H and O–H groups in total. The Morgan fingerprint density at radius 3 is 2.71 bits per heavy atom. The number of rotatable bonds is 10. The Labute approximate surface area is 208 Å². The van der Waals surface area contributed by atoms with Gasteiger partial charge in [0.15, 0.2) is 10.8 Å². The summed E-state index contributed by atoms with van der Waals surface area (Å²) in [5.74, 6) is -0.444. The van der Waals surface area contributed by atoms with Crippen LogP contribution in [0.3, 0.4) is 0 Å². The van der Waals surface area contributed by atoms with Crippen LogP contribution in [-0.4, -0.2) is 32.4 Å². The molecule has 0 radical (unpaired) electrons. The Morgan fingerprint density at radius 1 is 1.24 bits per heavy atom. The van der Waals surface area contributed by atoms with Crippen molar-refractivity contribution in [1.29, 1.82) is 0 Å². The van der Waals surface area contributed by atoms with E-state index in [1.54, 1.807) is 36.2 Å². The molecule has 2 aromatic carbocycles. The molecule has 11 heteroatoms. The van der Waals surface area contributed by atoms with Crippen LogP contribution in [0.15, 0.2) is 71.1 Å². The molecule has 4 rings (SSSR count). The number of carbonyl (C=O) groups excluding carboxylic acids is 1. The third-order valence-electron chi connectivity index (χ3n) is 4.99. The minimum atomic E-state index is -2.37. The number of esters is 1. The highest BCUT2D eigenvalue weighted by atomic mass is 32.2. The van der Waals surface area contributed by atoms with E-state index in [-0.39, 0.29) is 17.1 Å². The molecule has 1 aromatic heterocycles. The predicted octanol–water partition coefficient (Wildman–Crippen LogP) is 4.43. The molecule has 1 aliphatic rings. The van der Waals surface area contributed by atoms with Crippen LogP contribution in [0.1, 0.15) is 33.9 Å². The van der Waals surface area contributed by atoms with Crippen molar-refractivity contribution in [3.05, 3.63) is 87.9 Å². The van der Waals surface area contributed by atoms with Crippen LogP contribution in [-0.2, 0) is 22.4 Å². The van der Waals surface area contributed by atoms with Gasteiger partial charge in [0.1, 0.15) is 5.37 Å². The summed E-state index contributed by atoms with van der Waals surface area (Å²) in [5.41, 5.74) is 3.97. The molecule has 0 amide bonds. The summed E-state index contributed by atoms with van der Waals surface area (Å²) in [6.45, 7) is 2.05. The highest BCUT2D eigenvalue weighted by molar-refractivity contribution is 8.02. The topological polar surface area (TPSA) is 115 Å². The first-order chi connectivity index (χ1) is 16.5. The van der Waals surface area contributed by atoms with Gasteiger partial charge in [0, 0.05) is 28.0 Å². The van der Waals surface area contributed by atoms with Crippen molar-refractivity contribution in [2.75, 3.05) is 16.6 Å². The summed E-state index contributed by atoms with van der Waals surface area (Å²) in [6, 6.07) is 17.3. The van der Waals surface area contributed by atoms with Gasteiger partial charge in [-0.15, -0.1) is 23.1 Å². The monoisotopic (exact) mass is 515 g/mol. The maximum atomic E-state index is 12.0. The highest BCUT2D eigenvalue weighted by Crippen LogP contribution is 2.36. The lowest BCUT2D eigenvalue weighted by molar-refractivity contribution is 0.0520. The van der Waals surface area contributed by atoms with E-state index in [0.29, 0.717) is 23.8 Å². The fourth-order valence-electron chi connectivity index (χ4n) is 3.40. The molecule has 3 atom stereocenters. The molecule has 1 aliphatic heterocycles. The van der Waals surface area contributed by atoms with Crippen molar-refractivity contribution < 1.29 is 18.3 Å². The lowest BCUT2D eigenvalue weighted by Crippen LogP contribution is -2.31. The van der Waals surface area contributed by atoms with Crippen LogP contribution < -0.4 is 15.4 Å². The summed E-state index contributed by atoms with van der Waals surface area (Å²) in [4.78, 5) is 16.4. The predicted molar refractivity (Wildman–Crippen MR) is 136 cm³/mol. The third kappa shape index (κ3) is 6.38. The average Bonchev–Trinajstić information content (AvgIpc) is 3.51. The van der Waals surface area contributed by atoms with Gasteiger partial charge in [-0.1, -0.05) is 42.5 Å². The van der Waals surface area contributed by atoms with Gasteiger partial charge in [-0.3, -0.25) is 4.21 Å². The summed E-state index contributed by atoms with van der Waals surface area (Å²) in [7, 11) is 0. The second-order valence-corrected chi connectivity index (χ2v) is 9.85. The Balaban J connectivity index is 1.51. The SMILES string of the molecule is CCOC(=O)c1csc(N[C@@H](Cc2ccc(NS(=O)[O-])cc2)C2=CSC(c3ccccc3)N2)n1. The number of thioether (sulfide) groups is 1. The van der Waals surface area contributed by atoms with Crippen molar-refractivity contribution >= 4 is 51.2 Å². The lowest BCUT2D eigenvalue weighted by atomic mass is 10.0. The van der Waals surface area contributed by atoms with Crippen molar-refractivity contribution in [1.82, 2.24) is 10.3 Å². The molecule has 0 saturated carbocycles. The van der Waals surface area contributed by atoms with Gasteiger partial charge in [0.25, 0.3) is 0 Å². The second-order valence-electron chi connectivity index (χ2n) is 7.34. The number of ether oxygens (including phenoxy) is 1. The minimum absolute atomic E-state index is 0.102. The van der Waals surface area contributed by atoms with Gasteiger partial charge in [-0.2, -0.15) is 0 Å². The first-order valence-electron chi connectivity index (χ1n) is 10.5. The van der Waals surface area contributed by atoms with Crippen molar-refractivity contribution in [3.8, 4) is 0 Å². The van der Waals surface area contributed by atoms with E-state index in [1.165, 1.54) is 16.9 Å². The molecule has 8 nitrogen and oxygen atoms in total. The number of carbonyl (C=O) groups is 1. The van der Waals surface area contributed by atoms with E-state index in [9.17, 15) is 13.6 Å². The fourth-order valence-corrected chi connectivity index (χ4v) is 5.50. The zero-order valence-electron chi connectivity index (χ0n) is 18.2. The molecule has 178 valence electrons. The Bertz CT molecular complexity index is 1170. The Kier molecular flexibility index (Phi) is 8.22. The normalized spacial score (nSPS) is 16.8. The molecule has 3 aromatic rings. The molecule has 0 fully saturated rings. The molecule has 2 heterocycles. The van der Waals surface area contributed by atoms with E-state index < -0.39 is 17.2 Å². The zero-order valence-corrected chi connectivity index (χ0v) is 20.7. The van der Waals surface area contributed by atoms with Gasteiger partial charge in [0.2, 0.25) is 0 Å². The number of thiazole rings is 1. The van der Waals surface area contributed by atoms with E-state index in [1.807, 2.05) is 30.3 Å². The number of aromatic nitrogens is 1. The maximum absolute atomic E-state index is 12.0. The number of hydrogen-bond donors (Lipinski definition) is 3. The molecule has 2 unspecified atom stereocenters. The molecular formula is C23H23N4O4S3-. The molecular weight excluding hydrogens is 492 g/mol. The maximum Gasteiger partial charge on any atom is 0.357 e. The largest absolute Gasteiger partial charge is 0.755 e. The van der Waals surface area contributed by atoms with Crippen molar-refractivity contribution in [3.63, 3.8) is 0 Å². The molecule has 0 bridgehead atoms. The summed E-state index contributed by atoms with van der Waals surface area (Å²) in [6.07, 6.45) is 0.621. The molecule has 0 spiro atoms. The van der Waals surface area contributed by atoms with E-state index in [2.05, 4.69) is 37.9 Å². The van der Waals surface area contributed by atoms with Gasteiger partial charge in [-0.05, 0) is 42.0 Å². The van der Waals surface area contributed by atoms with Gasteiger partial charge < -0.3 is 24.6 Å². The first kappa shape index (κ1) is 24.3. The fraction of sp³-hybridized carbons (Fsp3) is 0.217. The minimum Gasteiger partial charge on any atom is -0.755 e. The van der Waals surface area contributed by atoms with E-state index >= 15 is 0 Å². The Morgan fingerprint density at radius 2 is 2.00 bits per heavy atom. The van der Waals surface area contributed by atoms with Crippen LogP contribution in [0.4, 0.5) is 10.8 Å². The van der Waals surface area contributed by atoms with Crippen molar-refractivity contribution in [2.24, 2.45) is 0 Å². The number of anilines is 2. The summed E-state index contributed by atoms with van der Waals surface area (Å²) >= 11 is 0.674. The smallest absolute Gasteiger partial charge is 0.357 e. The third-order valence-corrected chi connectivity index (χ3v) is 7.22. The van der Waals surface area contributed by atoms with Crippen LogP contribution in [0, 0.1) is 0 Å². The average molecular weight is 516 g/mol. The first-order valence-corrected chi connectivity index (χ1v) is 13.4. The summed E-state index contributed by atoms with van der Waals surface area (Å²) < 4.78 is 29.1. The molecule has 0 saturated heterocycles. The van der Waals surface area contributed by atoms with E-state index in [4.69, 9.17) is 4.74 Å². The van der Waals surface area contributed by atoms with Crippen LogP contribution in [0.5, 0.6) is 0 Å². The zero-order chi connectivity index (χ0) is 23.9. The summed E-state index contributed by atoms with van der Waals surface area (Å²) in [5, 5.41) is 11.5. The lowest BCUT2D eigenvalue weighted by Gasteiger charge is -2.22. The van der Waals surface area contributed by atoms with Crippen LogP contribution in [0.25, 0.3) is 0 Å². The van der Waals surface area contributed by atoms with Crippen LogP contribution in [0.2, 0.25) is 0 Å². The highest BCUT2D eigenvalue weighted by Gasteiger charge is 2.25. The number of nitrogens with one attached hydrogen (secondary N) is 3.